The summed E-state index contributed by atoms with van der Waals surface area (Å²) in [5.74, 6) is 6.03. The number of nitrogens with zero attached hydrogens (tertiary/aromatic N) is 2. The summed E-state index contributed by atoms with van der Waals surface area (Å²) in [5, 5.41) is 3.15. The van der Waals surface area contributed by atoms with Crippen LogP contribution in [0.4, 0.5) is 0 Å². The van der Waals surface area contributed by atoms with Crippen LogP contribution < -0.4 is 16.6 Å². The summed E-state index contributed by atoms with van der Waals surface area (Å²) >= 11 is 0. The van der Waals surface area contributed by atoms with Crippen LogP contribution in [0.15, 0.2) is 4.99 Å². The van der Waals surface area contributed by atoms with Gasteiger partial charge in [-0.2, -0.15) is 0 Å². The largest absolute Gasteiger partial charge is 0.383 e. The van der Waals surface area contributed by atoms with E-state index >= 15 is 0 Å². The Balaban J connectivity index is 4.04. The van der Waals surface area contributed by atoms with E-state index in [1.807, 2.05) is 6.92 Å². The van der Waals surface area contributed by atoms with Gasteiger partial charge in [0, 0.05) is 25.7 Å². The standard InChI is InChI=1S/C12H29N5O/c1-6-11(3)17(4)8-7-14-12(16-13)15-10(2)9-18-5/h10-11H,6-9,13H2,1-5H3,(H2,14,15,16). The monoisotopic (exact) mass is 259 g/mol. The molecule has 0 aliphatic rings. The molecule has 0 aliphatic carbocycles. The lowest BCUT2D eigenvalue weighted by atomic mass is 10.2. The normalized spacial score (nSPS) is 15.6. The number of rotatable bonds is 8. The number of guanidine groups is 1. The van der Waals surface area contributed by atoms with Gasteiger partial charge < -0.3 is 15.0 Å². The summed E-state index contributed by atoms with van der Waals surface area (Å²) in [7, 11) is 3.78. The fourth-order valence-electron chi connectivity index (χ4n) is 1.51. The van der Waals surface area contributed by atoms with Crippen LogP contribution in [0.2, 0.25) is 0 Å². The Labute approximate surface area is 111 Å². The predicted octanol–water partition coefficient (Wildman–Crippen LogP) is 0.161. The van der Waals surface area contributed by atoms with Crippen LogP contribution in [0.3, 0.4) is 0 Å². The Kier molecular flexibility index (Phi) is 9.63. The van der Waals surface area contributed by atoms with Crippen LogP contribution in [-0.2, 0) is 4.74 Å². The molecule has 18 heavy (non-hydrogen) atoms. The van der Waals surface area contributed by atoms with Gasteiger partial charge in [-0.25, -0.2) is 5.84 Å². The minimum atomic E-state index is 0.178. The first-order valence-corrected chi connectivity index (χ1v) is 6.51. The third kappa shape index (κ3) is 7.47. The van der Waals surface area contributed by atoms with Crippen molar-refractivity contribution < 1.29 is 4.74 Å². The van der Waals surface area contributed by atoms with E-state index in [-0.39, 0.29) is 6.04 Å². The van der Waals surface area contributed by atoms with Gasteiger partial charge in [-0.3, -0.25) is 10.4 Å². The quantitative estimate of drug-likeness (QED) is 0.251. The maximum atomic E-state index is 5.42. The Bertz CT molecular complexity index is 235. The molecule has 0 spiro atoms. The summed E-state index contributed by atoms with van der Waals surface area (Å²) in [4.78, 5) is 6.68. The molecule has 0 saturated heterocycles. The molecular weight excluding hydrogens is 230 g/mol. The number of methoxy groups -OCH3 is 1. The SMILES string of the molecule is CCC(C)N(C)CCN=C(NN)NC(C)COC. The molecule has 108 valence electrons. The van der Waals surface area contributed by atoms with Crippen molar-refractivity contribution in [2.24, 2.45) is 10.8 Å². The molecule has 0 rings (SSSR count). The predicted molar refractivity (Wildman–Crippen MR) is 76.5 cm³/mol. The van der Waals surface area contributed by atoms with Crippen LogP contribution in [-0.4, -0.2) is 56.8 Å². The maximum absolute atomic E-state index is 5.42. The summed E-state index contributed by atoms with van der Waals surface area (Å²) < 4.78 is 5.04. The van der Waals surface area contributed by atoms with Crippen molar-refractivity contribution in [3.63, 3.8) is 0 Å². The number of hydrazine groups is 1. The molecule has 0 aromatic carbocycles. The number of nitrogens with two attached hydrogens (primary N) is 1. The van der Waals surface area contributed by atoms with Gasteiger partial charge in [0.05, 0.1) is 13.2 Å². The van der Waals surface area contributed by atoms with Gasteiger partial charge in [0.25, 0.3) is 0 Å². The number of nitrogens with one attached hydrogen (secondary N) is 2. The molecule has 0 saturated carbocycles. The zero-order valence-corrected chi connectivity index (χ0v) is 12.4. The fourth-order valence-corrected chi connectivity index (χ4v) is 1.51. The first kappa shape index (κ1) is 17.2. The van der Waals surface area contributed by atoms with Crippen molar-refractivity contribution >= 4 is 5.96 Å². The van der Waals surface area contributed by atoms with Gasteiger partial charge in [-0.05, 0) is 27.3 Å². The lowest BCUT2D eigenvalue weighted by Crippen LogP contribution is -2.47. The highest BCUT2D eigenvalue weighted by atomic mass is 16.5. The van der Waals surface area contributed by atoms with E-state index in [9.17, 15) is 0 Å². The molecule has 0 bridgehead atoms. The van der Waals surface area contributed by atoms with Crippen LogP contribution >= 0.6 is 0 Å². The van der Waals surface area contributed by atoms with E-state index in [4.69, 9.17) is 10.6 Å². The van der Waals surface area contributed by atoms with Gasteiger partial charge in [0.1, 0.15) is 0 Å². The maximum Gasteiger partial charge on any atom is 0.206 e. The highest BCUT2D eigenvalue weighted by Gasteiger charge is 2.06. The zero-order valence-electron chi connectivity index (χ0n) is 12.4. The third-order valence-corrected chi connectivity index (χ3v) is 3.00. The van der Waals surface area contributed by atoms with E-state index < -0.39 is 0 Å². The van der Waals surface area contributed by atoms with Crippen LogP contribution in [0.25, 0.3) is 0 Å². The van der Waals surface area contributed by atoms with Crippen molar-refractivity contribution in [1.82, 2.24) is 15.6 Å². The van der Waals surface area contributed by atoms with Gasteiger partial charge in [-0.15, -0.1) is 0 Å². The molecule has 6 nitrogen and oxygen atoms in total. The molecule has 0 aliphatic heterocycles. The van der Waals surface area contributed by atoms with Crippen molar-refractivity contribution in [2.75, 3.05) is 33.9 Å². The highest BCUT2D eigenvalue weighted by Crippen LogP contribution is 1.98. The van der Waals surface area contributed by atoms with Crippen LogP contribution in [0.1, 0.15) is 27.2 Å². The topological polar surface area (TPSA) is 74.9 Å². The zero-order chi connectivity index (χ0) is 14.0. The molecule has 2 atom stereocenters. The van der Waals surface area contributed by atoms with Crippen molar-refractivity contribution in [3.05, 3.63) is 0 Å². The van der Waals surface area contributed by atoms with Crippen molar-refractivity contribution in [1.29, 1.82) is 0 Å². The van der Waals surface area contributed by atoms with Crippen molar-refractivity contribution in [2.45, 2.75) is 39.3 Å². The average Bonchev–Trinajstić information content (AvgIpc) is 2.36. The molecule has 0 aromatic rings. The average molecular weight is 259 g/mol. The summed E-state index contributed by atoms with van der Waals surface area (Å²) in [5.41, 5.74) is 2.57. The molecule has 0 fully saturated rings. The lowest BCUT2D eigenvalue weighted by Gasteiger charge is -2.22. The molecule has 0 radical (unpaired) electrons. The van der Waals surface area contributed by atoms with E-state index in [1.165, 1.54) is 0 Å². The molecule has 4 N–H and O–H groups in total. The van der Waals surface area contributed by atoms with Gasteiger partial charge in [-0.1, -0.05) is 6.92 Å². The van der Waals surface area contributed by atoms with Crippen molar-refractivity contribution in [3.8, 4) is 0 Å². The molecular formula is C12H29N5O. The Morgan fingerprint density at radius 2 is 2.11 bits per heavy atom. The van der Waals surface area contributed by atoms with E-state index in [0.717, 1.165) is 13.0 Å². The smallest absolute Gasteiger partial charge is 0.206 e. The molecule has 0 amide bonds. The van der Waals surface area contributed by atoms with Gasteiger partial charge in [0.2, 0.25) is 5.96 Å². The fraction of sp³-hybridized carbons (Fsp3) is 0.917. The molecule has 6 heteroatoms. The molecule has 0 aromatic heterocycles. The second-order valence-electron chi connectivity index (χ2n) is 4.61. The minimum Gasteiger partial charge on any atom is -0.383 e. The van der Waals surface area contributed by atoms with Gasteiger partial charge >= 0.3 is 0 Å². The summed E-state index contributed by atoms with van der Waals surface area (Å²) in [6.07, 6.45) is 1.14. The second-order valence-corrected chi connectivity index (χ2v) is 4.61. The van der Waals surface area contributed by atoms with E-state index in [1.54, 1.807) is 7.11 Å². The number of hydrogen-bond donors (Lipinski definition) is 3. The Hall–Kier alpha value is -0.850. The van der Waals surface area contributed by atoms with Crippen LogP contribution in [0, 0.1) is 0 Å². The first-order chi connectivity index (χ1) is 8.54. The summed E-state index contributed by atoms with van der Waals surface area (Å²) in [6.45, 7) is 8.67. The first-order valence-electron chi connectivity index (χ1n) is 6.51. The van der Waals surface area contributed by atoms with E-state index in [2.05, 4.69) is 41.5 Å². The molecule has 0 heterocycles. The Morgan fingerprint density at radius 1 is 1.44 bits per heavy atom. The molecule has 2 unspecified atom stereocenters. The third-order valence-electron chi connectivity index (χ3n) is 3.00. The number of hydrogen-bond acceptors (Lipinski definition) is 4. The highest BCUT2D eigenvalue weighted by molar-refractivity contribution is 5.79. The van der Waals surface area contributed by atoms with Crippen LogP contribution in [0.5, 0.6) is 0 Å². The lowest BCUT2D eigenvalue weighted by molar-refractivity contribution is 0.179. The van der Waals surface area contributed by atoms with Gasteiger partial charge in [0.15, 0.2) is 0 Å². The summed E-state index contributed by atoms with van der Waals surface area (Å²) in [6, 6.07) is 0.756. The minimum absolute atomic E-state index is 0.178. The number of ether oxygens (including phenoxy) is 1. The number of aliphatic imine (C=N–C) groups is 1. The number of likely N-dealkylation sites (N-methyl/N-ethyl adjacent to an activating group) is 1. The Morgan fingerprint density at radius 3 is 2.61 bits per heavy atom. The van der Waals surface area contributed by atoms with E-state index in [0.29, 0.717) is 25.2 Å². The second kappa shape index (κ2) is 10.1.